The van der Waals surface area contributed by atoms with Gasteiger partial charge < -0.3 is 9.88 Å². The van der Waals surface area contributed by atoms with Crippen LogP contribution in [0.15, 0.2) is 53.7 Å². The Hall–Kier alpha value is -3.11. The molecule has 1 aromatic heterocycles. The Morgan fingerprint density at radius 3 is 2.79 bits per heavy atom. The van der Waals surface area contributed by atoms with E-state index < -0.39 is 0 Å². The highest BCUT2D eigenvalue weighted by Crippen LogP contribution is 2.25. The molecular formula is C21H21N5OS. The van der Waals surface area contributed by atoms with Crippen molar-refractivity contribution in [3.8, 4) is 17.5 Å². The zero-order valence-corrected chi connectivity index (χ0v) is 16.7. The highest BCUT2D eigenvalue weighted by atomic mass is 32.2. The number of carbonyl (C=O) groups is 1. The minimum Gasteiger partial charge on any atom is -0.325 e. The third-order valence-corrected chi connectivity index (χ3v) is 5.01. The molecule has 0 unspecified atom stereocenters. The quantitative estimate of drug-likeness (QED) is 0.608. The van der Waals surface area contributed by atoms with Crippen molar-refractivity contribution in [2.24, 2.45) is 0 Å². The highest BCUT2D eigenvalue weighted by Gasteiger charge is 2.15. The van der Waals surface area contributed by atoms with E-state index in [0.29, 0.717) is 11.3 Å². The number of hydrogen-bond donors (Lipinski definition) is 1. The summed E-state index contributed by atoms with van der Waals surface area (Å²) < 4.78 is 2.06. The van der Waals surface area contributed by atoms with Crippen molar-refractivity contribution < 1.29 is 4.79 Å². The van der Waals surface area contributed by atoms with E-state index in [4.69, 9.17) is 5.26 Å². The molecule has 1 heterocycles. The molecular weight excluding hydrogens is 370 g/mol. The van der Waals surface area contributed by atoms with Gasteiger partial charge in [0, 0.05) is 17.8 Å². The summed E-state index contributed by atoms with van der Waals surface area (Å²) in [5.74, 6) is 0.880. The Morgan fingerprint density at radius 1 is 1.21 bits per heavy atom. The van der Waals surface area contributed by atoms with Gasteiger partial charge in [-0.25, -0.2) is 0 Å². The first kappa shape index (κ1) is 19.6. The van der Waals surface area contributed by atoms with Crippen LogP contribution in [0.25, 0.3) is 11.4 Å². The van der Waals surface area contributed by atoms with Crippen LogP contribution in [0, 0.1) is 18.3 Å². The van der Waals surface area contributed by atoms with Crippen LogP contribution in [0.2, 0.25) is 0 Å². The van der Waals surface area contributed by atoms with Crippen molar-refractivity contribution >= 4 is 23.4 Å². The van der Waals surface area contributed by atoms with Gasteiger partial charge in [-0.15, -0.1) is 10.2 Å². The SMILES string of the molecule is CCCn1c(SCC(=O)Nc2cccc(C#N)c2)nnc1-c1cccc(C)c1. The lowest BCUT2D eigenvalue weighted by Gasteiger charge is -2.09. The van der Waals surface area contributed by atoms with Crippen LogP contribution < -0.4 is 5.32 Å². The lowest BCUT2D eigenvalue weighted by molar-refractivity contribution is -0.113. The van der Waals surface area contributed by atoms with Crippen LogP contribution in [-0.2, 0) is 11.3 Å². The summed E-state index contributed by atoms with van der Waals surface area (Å²) in [5, 5.41) is 21.2. The van der Waals surface area contributed by atoms with Crippen molar-refractivity contribution in [1.29, 1.82) is 5.26 Å². The maximum absolute atomic E-state index is 12.3. The van der Waals surface area contributed by atoms with E-state index in [1.807, 2.05) is 25.1 Å². The molecule has 1 amide bonds. The molecule has 3 aromatic rings. The maximum atomic E-state index is 12.3. The summed E-state index contributed by atoms with van der Waals surface area (Å²) in [5.41, 5.74) is 3.30. The standard InChI is InChI=1S/C21H21N5OS/c1-3-10-26-20(17-8-4-6-15(2)11-17)24-25-21(26)28-14-19(27)23-18-9-5-7-16(12-18)13-22/h4-9,11-12H,3,10,14H2,1-2H3,(H,23,27). The molecule has 3 rings (SSSR count). The summed E-state index contributed by atoms with van der Waals surface area (Å²) in [7, 11) is 0. The molecule has 0 aliphatic heterocycles. The number of benzene rings is 2. The normalized spacial score (nSPS) is 10.5. The molecule has 0 radical (unpaired) electrons. The third kappa shape index (κ3) is 4.78. The summed E-state index contributed by atoms with van der Waals surface area (Å²) >= 11 is 1.36. The molecule has 0 saturated carbocycles. The molecule has 7 heteroatoms. The van der Waals surface area contributed by atoms with Crippen LogP contribution in [0.4, 0.5) is 5.69 Å². The van der Waals surface area contributed by atoms with Crippen molar-refractivity contribution in [1.82, 2.24) is 14.8 Å². The lowest BCUT2D eigenvalue weighted by Crippen LogP contribution is -2.14. The average molecular weight is 392 g/mol. The number of nitriles is 1. The number of carbonyl (C=O) groups excluding carboxylic acids is 1. The largest absolute Gasteiger partial charge is 0.325 e. The second-order valence-corrected chi connectivity index (χ2v) is 7.30. The van der Waals surface area contributed by atoms with Crippen LogP contribution in [0.5, 0.6) is 0 Å². The fourth-order valence-electron chi connectivity index (χ4n) is 2.81. The van der Waals surface area contributed by atoms with Crippen LogP contribution in [0.1, 0.15) is 24.5 Å². The van der Waals surface area contributed by atoms with Crippen LogP contribution in [0.3, 0.4) is 0 Å². The van der Waals surface area contributed by atoms with Gasteiger partial charge >= 0.3 is 0 Å². The molecule has 2 aromatic carbocycles. The fourth-order valence-corrected chi connectivity index (χ4v) is 3.58. The fraction of sp³-hybridized carbons (Fsp3) is 0.238. The molecule has 0 bridgehead atoms. The van der Waals surface area contributed by atoms with Gasteiger partial charge in [-0.1, -0.05) is 48.5 Å². The van der Waals surface area contributed by atoms with Gasteiger partial charge in [-0.2, -0.15) is 5.26 Å². The van der Waals surface area contributed by atoms with Crippen LogP contribution >= 0.6 is 11.8 Å². The molecule has 0 aliphatic carbocycles. The van der Waals surface area contributed by atoms with Crippen LogP contribution in [-0.4, -0.2) is 26.4 Å². The molecule has 6 nitrogen and oxygen atoms in total. The van der Waals surface area contributed by atoms with Crippen molar-refractivity contribution in [2.75, 3.05) is 11.1 Å². The van der Waals surface area contributed by atoms with E-state index in [1.54, 1.807) is 24.3 Å². The lowest BCUT2D eigenvalue weighted by atomic mass is 10.1. The zero-order valence-electron chi connectivity index (χ0n) is 15.8. The molecule has 28 heavy (non-hydrogen) atoms. The Balaban J connectivity index is 1.71. The summed E-state index contributed by atoms with van der Waals surface area (Å²) in [4.78, 5) is 12.3. The van der Waals surface area contributed by atoms with Crippen molar-refractivity contribution in [2.45, 2.75) is 32.0 Å². The highest BCUT2D eigenvalue weighted by molar-refractivity contribution is 7.99. The summed E-state index contributed by atoms with van der Waals surface area (Å²) in [6.07, 6.45) is 0.942. The number of nitrogens with one attached hydrogen (secondary N) is 1. The maximum Gasteiger partial charge on any atom is 0.234 e. The monoisotopic (exact) mass is 391 g/mol. The van der Waals surface area contributed by atoms with Gasteiger partial charge in [0.05, 0.1) is 17.4 Å². The summed E-state index contributed by atoms with van der Waals surface area (Å²) in [6.45, 7) is 4.93. The number of amides is 1. The molecule has 0 aliphatic rings. The van der Waals surface area contributed by atoms with E-state index in [0.717, 1.165) is 35.1 Å². The number of aryl methyl sites for hydroxylation is 1. The Kier molecular flexibility index (Phi) is 6.45. The van der Waals surface area contributed by atoms with Gasteiger partial charge in [0.2, 0.25) is 5.91 Å². The molecule has 142 valence electrons. The smallest absolute Gasteiger partial charge is 0.234 e. The predicted molar refractivity (Wildman–Crippen MR) is 111 cm³/mol. The van der Waals surface area contributed by atoms with E-state index >= 15 is 0 Å². The minimum absolute atomic E-state index is 0.150. The second kappa shape index (κ2) is 9.20. The van der Waals surface area contributed by atoms with Gasteiger partial charge in [0.1, 0.15) is 0 Å². The third-order valence-electron chi connectivity index (χ3n) is 4.05. The first-order valence-electron chi connectivity index (χ1n) is 9.03. The Morgan fingerprint density at radius 2 is 2.04 bits per heavy atom. The topological polar surface area (TPSA) is 83.6 Å². The molecule has 0 atom stereocenters. The molecule has 1 N–H and O–H groups in total. The number of rotatable bonds is 7. The van der Waals surface area contributed by atoms with E-state index in [-0.39, 0.29) is 11.7 Å². The van der Waals surface area contributed by atoms with E-state index in [9.17, 15) is 4.79 Å². The zero-order chi connectivity index (χ0) is 19.9. The van der Waals surface area contributed by atoms with Crippen molar-refractivity contribution in [3.05, 3.63) is 59.7 Å². The molecule has 0 spiro atoms. The van der Waals surface area contributed by atoms with Gasteiger partial charge in [0.25, 0.3) is 0 Å². The molecule has 0 fully saturated rings. The summed E-state index contributed by atoms with van der Waals surface area (Å²) in [6, 6.07) is 17.1. The number of thioether (sulfide) groups is 1. The van der Waals surface area contributed by atoms with Crippen molar-refractivity contribution in [3.63, 3.8) is 0 Å². The Labute approximate surface area is 168 Å². The number of anilines is 1. The number of hydrogen-bond acceptors (Lipinski definition) is 5. The first-order valence-corrected chi connectivity index (χ1v) is 10.0. The second-order valence-electron chi connectivity index (χ2n) is 6.36. The number of nitrogens with zero attached hydrogens (tertiary/aromatic N) is 4. The Bertz CT molecular complexity index is 1020. The van der Waals surface area contributed by atoms with E-state index in [1.165, 1.54) is 11.8 Å². The molecule has 0 saturated heterocycles. The average Bonchev–Trinajstić information content (AvgIpc) is 3.09. The van der Waals surface area contributed by atoms with Gasteiger partial charge in [-0.3, -0.25) is 4.79 Å². The minimum atomic E-state index is -0.150. The van der Waals surface area contributed by atoms with E-state index in [2.05, 4.69) is 39.1 Å². The predicted octanol–water partition coefficient (Wildman–Crippen LogP) is 4.27. The number of aromatic nitrogens is 3. The first-order chi connectivity index (χ1) is 13.6. The van der Waals surface area contributed by atoms with Gasteiger partial charge in [-0.05, 0) is 37.6 Å². The van der Waals surface area contributed by atoms with Gasteiger partial charge in [0.15, 0.2) is 11.0 Å².